The zero-order valence-corrected chi connectivity index (χ0v) is 15.6. The van der Waals surface area contributed by atoms with Crippen LogP contribution in [0.5, 0.6) is 11.6 Å². The van der Waals surface area contributed by atoms with Gasteiger partial charge in [0.25, 0.3) is 0 Å². The molecule has 0 aliphatic rings. The van der Waals surface area contributed by atoms with E-state index in [0.29, 0.717) is 23.1 Å². The number of para-hydroxylation sites is 1. The lowest BCUT2D eigenvalue weighted by Crippen LogP contribution is -2.20. The van der Waals surface area contributed by atoms with E-state index >= 15 is 0 Å². The van der Waals surface area contributed by atoms with E-state index in [0.717, 1.165) is 5.56 Å². The van der Waals surface area contributed by atoms with Gasteiger partial charge in [0, 0.05) is 18.0 Å². The van der Waals surface area contributed by atoms with Crippen LogP contribution in [0.1, 0.15) is 26.3 Å². The molecule has 2 aromatic heterocycles. The molecule has 27 heavy (non-hydrogen) atoms. The number of ether oxygens (including phenoxy) is 1. The highest BCUT2D eigenvalue weighted by atomic mass is 16.5. The first kappa shape index (κ1) is 18.4. The first-order chi connectivity index (χ1) is 12.9. The number of nitrogens with one attached hydrogen (secondary N) is 2. The molecular weight excluding hydrogens is 340 g/mol. The zero-order valence-electron chi connectivity index (χ0n) is 15.6. The average molecular weight is 362 g/mol. The summed E-state index contributed by atoms with van der Waals surface area (Å²) in [5, 5.41) is 5.43. The largest absolute Gasteiger partial charge is 0.437 e. The minimum absolute atomic E-state index is 0.0880. The second-order valence-corrected chi connectivity index (χ2v) is 7.00. The molecule has 2 N–H and O–H groups in total. The predicted octanol–water partition coefficient (Wildman–Crippen LogP) is 5.21. The Morgan fingerprint density at radius 3 is 2.37 bits per heavy atom. The van der Waals surface area contributed by atoms with E-state index < -0.39 is 6.03 Å². The van der Waals surface area contributed by atoms with E-state index in [2.05, 4.69) is 41.4 Å². The van der Waals surface area contributed by atoms with Gasteiger partial charge in [-0.15, -0.1) is 0 Å². The molecule has 0 atom stereocenters. The number of benzene rings is 1. The van der Waals surface area contributed by atoms with Gasteiger partial charge in [-0.2, -0.15) is 0 Å². The van der Waals surface area contributed by atoms with E-state index in [1.807, 2.05) is 24.3 Å². The third-order valence-electron chi connectivity index (χ3n) is 3.83. The van der Waals surface area contributed by atoms with Crippen molar-refractivity contribution in [3.8, 4) is 11.6 Å². The Morgan fingerprint density at radius 2 is 1.63 bits per heavy atom. The third-order valence-corrected chi connectivity index (χ3v) is 3.83. The molecule has 0 saturated carbocycles. The number of aromatic nitrogens is 2. The summed E-state index contributed by atoms with van der Waals surface area (Å²) >= 11 is 0. The Kier molecular flexibility index (Phi) is 5.35. The minimum Gasteiger partial charge on any atom is -0.437 e. The maximum Gasteiger partial charge on any atom is 0.325 e. The lowest BCUT2D eigenvalue weighted by atomic mass is 9.86. The van der Waals surface area contributed by atoms with Crippen molar-refractivity contribution in [1.82, 2.24) is 9.97 Å². The Balaban J connectivity index is 1.80. The number of carbonyl (C=O) groups excluding carboxylic acids is 1. The number of anilines is 2. The van der Waals surface area contributed by atoms with E-state index in [4.69, 9.17) is 4.74 Å². The van der Waals surface area contributed by atoms with Gasteiger partial charge in [0.2, 0.25) is 5.88 Å². The van der Waals surface area contributed by atoms with Crippen LogP contribution in [0.25, 0.3) is 0 Å². The lowest BCUT2D eigenvalue weighted by Gasteiger charge is -2.22. The summed E-state index contributed by atoms with van der Waals surface area (Å²) in [6.45, 7) is 6.35. The van der Waals surface area contributed by atoms with Crippen molar-refractivity contribution in [2.75, 3.05) is 10.6 Å². The fraction of sp³-hybridized carbons (Fsp3) is 0.190. The molecule has 0 bridgehead atoms. The number of urea groups is 1. The minimum atomic E-state index is -0.421. The molecule has 0 spiro atoms. The summed E-state index contributed by atoms with van der Waals surface area (Å²) in [5.41, 5.74) is 1.43. The van der Waals surface area contributed by atoms with Crippen molar-refractivity contribution in [2.45, 2.75) is 26.2 Å². The van der Waals surface area contributed by atoms with E-state index in [-0.39, 0.29) is 5.41 Å². The molecule has 0 radical (unpaired) electrons. The first-order valence-electron chi connectivity index (χ1n) is 8.65. The van der Waals surface area contributed by atoms with Gasteiger partial charge in [0.05, 0.1) is 0 Å². The lowest BCUT2D eigenvalue weighted by molar-refractivity contribution is 0.262. The summed E-state index contributed by atoms with van der Waals surface area (Å²) in [4.78, 5) is 20.6. The number of amides is 2. The summed E-state index contributed by atoms with van der Waals surface area (Å²) in [5.74, 6) is 1.49. The molecule has 1 aromatic carbocycles. The highest BCUT2D eigenvalue weighted by Crippen LogP contribution is 2.35. The van der Waals surface area contributed by atoms with Crippen molar-refractivity contribution < 1.29 is 9.53 Å². The number of hydrogen-bond acceptors (Lipinski definition) is 4. The molecule has 3 aromatic rings. The SMILES string of the molecule is CC(C)(C)c1ccccc1Oc1ncccc1NC(=O)Nc1ccccn1. The summed E-state index contributed by atoms with van der Waals surface area (Å²) in [6.07, 6.45) is 3.23. The third kappa shape index (κ3) is 4.82. The predicted molar refractivity (Wildman–Crippen MR) is 106 cm³/mol. The van der Waals surface area contributed by atoms with E-state index in [1.165, 1.54) is 0 Å². The molecule has 6 heteroatoms. The highest BCUT2D eigenvalue weighted by Gasteiger charge is 2.20. The van der Waals surface area contributed by atoms with Gasteiger partial charge in [-0.3, -0.25) is 5.32 Å². The fourth-order valence-electron chi connectivity index (χ4n) is 2.55. The van der Waals surface area contributed by atoms with Crippen LogP contribution in [0.2, 0.25) is 0 Å². The van der Waals surface area contributed by atoms with Crippen LogP contribution >= 0.6 is 0 Å². The molecule has 2 heterocycles. The molecule has 0 saturated heterocycles. The normalized spacial score (nSPS) is 10.9. The molecule has 0 unspecified atom stereocenters. The Labute approximate surface area is 158 Å². The van der Waals surface area contributed by atoms with Gasteiger partial charge in [-0.1, -0.05) is 45.0 Å². The van der Waals surface area contributed by atoms with Gasteiger partial charge in [0.1, 0.15) is 17.3 Å². The zero-order chi connectivity index (χ0) is 19.3. The maximum absolute atomic E-state index is 12.3. The van der Waals surface area contributed by atoms with Crippen LogP contribution in [0.3, 0.4) is 0 Å². The van der Waals surface area contributed by atoms with Crippen LogP contribution < -0.4 is 15.4 Å². The average Bonchev–Trinajstić information content (AvgIpc) is 2.64. The number of carbonyl (C=O) groups is 1. The van der Waals surface area contributed by atoms with Crippen molar-refractivity contribution in [2.24, 2.45) is 0 Å². The quantitative estimate of drug-likeness (QED) is 0.668. The topological polar surface area (TPSA) is 76.1 Å². The monoisotopic (exact) mass is 362 g/mol. The molecule has 3 rings (SSSR count). The van der Waals surface area contributed by atoms with Crippen molar-refractivity contribution >= 4 is 17.5 Å². The van der Waals surface area contributed by atoms with Crippen molar-refractivity contribution in [3.63, 3.8) is 0 Å². The number of rotatable bonds is 4. The van der Waals surface area contributed by atoms with Gasteiger partial charge < -0.3 is 10.1 Å². The molecule has 0 aliphatic carbocycles. The standard InChI is InChI=1S/C21H22N4O2/c1-21(2,3)15-9-4-5-11-17(15)27-19-16(10-8-14-23-19)24-20(26)25-18-12-6-7-13-22-18/h4-14H,1-3H3,(H2,22,24,25,26). The van der Waals surface area contributed by atoms with Crippen molar-refractivity contribution in [1.29, 1.82) is 0 Å². The second-order valence-electron chi connectivity index (χ2n) is 7.00. The molecule has 6 nitrogen and oxygen atoms in total. The molecule has 2 amide bonds. The Morgan fingerprint density at radius 1 is 0.889 bits per heavy atom. The van der Waals surface area contributed by atoms with Gasteiger partial charge >= 0.3 is 6.03 Å². The molecule has 0 aliphatic heterocycles. The van der Waals surface area contributed by atoms with Gasteiger partial charge in [0.15, 0.2) is 0 Å². The number of hydrogen-bond donors (Lipinski definition) is 2. The van der Waals surface area contributed by atoms with E-state index in [9.17, 15) is 4.79 Å². The van der Waals surface area contributed by atoms with E-state index in [1.54, 1.807) is 42.7 Å². The van der Waals surface area contributed by atoms with Gasteiger partial charge in [-0.25, -0.2) is 14.8 Å². The van der Waals surface area contributed by atoms with Crippen LogP contribution in [0.4, 0.5) is 16.3 Å². The first-order valence-corrected chi connectivity index (χ1v) is 8.65. The maximum atomic E-state index is 12.3. The molecule has 138 valence electrons. The second kappa shape index (κ2) is 7.86. The van der Waals surface area contributed by atoms with Crippen LogP contribution in [-0.4, -0.2) is 16.0 Å². The highest BCUT2D eigenvalue weighted by molar-refractivity contribution is 5.99. The number of nitrogens with zero attached hydrogens (tertiary/aromatic N) is 2. The van der Waals surface area contributed by atoms with Crippen LogP contribution in [0.15, 0.2) is 67.0 Å². The Hall–Kier alpha value is -3.41. The van der Waals surface area contributed by atoms with Gasteiger partial charge in [-0.05, 0) is 35.7 Å². The molecular formula is C21H22N4O2. The van der Waals surface area contributed by atoms with Crippen molar-refractivity contribution in [3.05, 3.63) is 72.6 Å². The smallest absolute Gasteiger partial charge is 0.325 e. The molecule has 0 fully saturated rings. The van der Waals surface area contributed by atoms with Crippen LogP contribution in [0, 0.1) is 0 Å². The summed E-state index contributed by atoms with van der Waals surface area (Å²) in [7, 11) is 0. The fourth-order valence-corrected chi connectivity index (χ4v) is 2.55. The number of pyridine rings is 2. The summed E-state index contributed by atoms with van der Waals surface area (Å²) in [6, 6.07) is 16.1. The van der Waals surface area contributed by atoms with Crippen LogP contribution in [-0.2, 0) is 5.41 Å². The summed E-state index contributed by atoms with van der Waals surface area (Å²) < 4.78 is 6.05. The Bertz CT molecular complexity index is 921.